The van der Waals surface area contributed by atoms with E-state index in [1.165, 1.54) is 0 Å². The quantitative estimate of drug-likeness (QED) is 0.609. The topological polar surface area (TPSA) is 38.7 Å². The van der Waals surface area contributed by atoms with E-state index in [1.54, 1.807) is 0 Å². The van der Waals surface area contributed by atoms with E-state index >= 15 is 0 Å². The molecule has 0 aromatic rings. The first-order valence-corrected chi connectivity index (χ1v) is 3.93. The van der Waals surface area contributed by atoms with Crippen molar-refractivity contribution in [2.24, 2.45) is 0 Å². The summed E-state index contributed by atoms with van der Waals surface area (Å²) in [4.78, 5) is 0. The molecule has 0 aromatic carbocycles. The fourth-order valence-electron chi connectivity index (χ4n) is 1.09. The number of hydrogen-bond donors (Lipinski definition) is 1. The highest BCUT2D eigenvalue weighted by Crippen LogP contribution is 2.17. The Labute approximate surface area is 67.3 Å². The van der Waals surface area contributed by atoms with Crippen molar-refractivity contribution in [1.29, 1.82) is 0 Å². The molecule has 11 heavy (non-hydrogen) atoms. The highest BCUT2D eigenvalue weighted by atomic mass is 16.6. The average molecular weight is 160 g/mol. The van der Waals surface area contributed by atoms with Crippen molar-refractivity contribution >= 4 is 0 Å². The van der Waals surface area contributed by atoms with Gasteiger partial charge >= 0.3 is 0 Å². The maximum atomic E-state index is 9.30. The summed E-state index contributed by atoms with van der Waals surface area (Å²) in [6.45, 7) is 6.83. The molecule has 1 saturated heterocycles. The van der Waals surface area contributed by atoms with Crippen LogP contribution in [0.2, 0.25) is 0 Å². The molecule has 1 heterocycles. The number of aliphatic hydroxyl groups is 1. The second kappa shape index (κ2) is 3.09. The molecule has 0 saturated carbocycles. The van der Waals surface area contributed by atoms with Crippen LogP contribution >= 0.6 is 0 Å². The second-order valence-electron chi connectivity index (χ2n) is 3.87. The molecular weight excluding hydrogens is 144 g/mol. The summed E-state index contributed by atoms with van der Waals surface area (Å²) in [5, 5.41) is 9.30. The summed E-state index contributed by atoms with van der Waals surface area (Å²) in [5.74, 6) is 0. The summed E-state index contributed by atoms with van der Waals surface area (Å²) in [6.07, 6.45) is -0.593. The summed E-state index contributed by atoms with van der Waals surface area (Å²) >= 11 is 0. The van der Waals surface area contributed by atoms with E-state index in [0.717, 1.165) is 0 Å². The Morgan fingerprint density at radius 2 is 2.00 bits per heavy atom. The summed E-state index contributed by atoms with van der Waals surface area (Å²) in [6, 6.07) is 0. The van der Waals surface area contributed by atoms with Crippen LogP contribution in [0.3, 0.4) is 0 Å². The predicted octanol–water partition coefficient (Wildman–Crippen LogP) is 0.561. The molecule has 1 aliphatic heterocycles. The minimum atomic E-state index is -0.450. The van der Waals surface area contributed by atoms with Crippen molar-refractivity contribution < 1.29 is 14.6 Å². The zero-order valence-electron chi connectivity index (χ0n) is 7.33. The highest BCUT2D eigenvalue weighted by Gasteiger charge is 2.30. The third kappa shape index (κ3) is 2.77. The molecule has 1 aliphatic rings. The molecule has 0 bridgehead atoms. The molecular formula is C8H16O3. The van der Waals surface area contributed by atoms with Crippen LogP contribution in [0.5, 0.6) is 0 Å². The zero-order valence-corrected chi connectivity index (χ0v) is 7.33. The van der Waals surface area contributed by atoms with Crippen LogP contribution in [-0.2, 0) is 9.47 Å². The minimum absolute atomic E-state index is 0.144. The number of rotatable bonds is 1. The van der Waals surface area contributed by atoms with Gasteiger partial charge in [0.25, 0.3) is 0 Å². The van der Waals surface area contributed by atoms with Crippen LogP contribution < -0.4 is 0 Å². The van der Waals surface area contributed by atoms with E-state index in [2.05, 4.69) is 0 Å². The first-order chi connectivity index (χ1) is 4.99. The Hall–Kier alpha value is -0.120. The van der Waals surface area contributed by atoms with Crippen molar-refractivity contribution in [3.8, 4) is 0 Å². The molecule has 0 spiro atoms. The van der Waals surface area contributed by atoms with Crippen LogP contribution in [0.25, 0.3) is 0 Å². The lowest BCUT2D eigenvalue weighted by Crippen LogP contribution is -2.34. The molecule has 0 unspecified atom stereocenters. The SMILES string of the molecule is CC(C)(C)O[C@H]1COC[C@@H]1O. The van der Waals surface area contributed by atoms with Gasteiger partial charge in [0.2, 0.25) is 0 Å². The van der Waals surface area contributed by atoms with Crippen LogP contribution in [0.4, 0.5) is 0 Å². The van der Waals surface area contributed by atoms with Crippen molar-refractivity contribution in [3.05, 3.63) is 0 Å². The maximum Gasteiger partial charge on any atom is 0.110 e. The second-order valence-corrected chi connectivity index (χ2v) is 3.87. The van der Waals surface area contributed by atoms with Gasteiger partial charge in [-0.1, -0.05) is 0 Å². The van der Waals surface area contributed by atoms with Crippen molar-refractivity contribution in [1.82, 2.24) is 0 Å². The summed E-state index contributed by atoms with van der Waals surface area (Å²) in [5.41, 5.74) is -0.195. The molecule has 66 valence electrons. The molecule has 1 rings (SSSR count). The van der Waals surface area contributed by atoms with E-state index < -0.39 is 6.10 Å². The number of ether oxygens (including phenoxy) is 2. The largest absolute Gasteiger partial charge is 0.388 e. The zero-order chi connectivity index (χ0) is 8.48. The van der Waals surface area contributed by atoms with Gasteiger partial charge in [0.1, 0.15) is 12.2 Å². The lowest BCUT2D eigenvalue weighted by molar-refractivity contribution is -0.0925. The molecule has 0 amide bonds. The molecule has 1 fully saturated rings. The highest BCUT2D eigenvalue weighted by molar-refractivity contribution is 4.77. The van der Waals surface area contributed by atoms with Crippen LogP contribution in [-0.4, -0.2) is 36.1 Å². The Kier molecular flexibility index (Phi) is 2.52. The Balaban J connectivity index is 2.37. The van der Waals surface area contributed by atoms with E-state index in [9.17, 15) is 5.11 Å². The summed E-state index contributed by atoms with van der Waals surface area (Å²) in [7, 11) is 0. The van der Waals surface area contributed by atoms with Gasteiger partial charge in [0.15, 0.2) is 0 Å². The van der Waals surface area contributed by atoms with E-state index in [4.69, 9.17) is 9.47 Å². The molecule has 0 aliphatic carbocycles. The van der Waals surface area contributed by atoms with Crippen LogP contribution in [0.1, 0.15) is 20.8 Å². The standard InChI is InChI=1S/C8H16O3/c1-8(2,3)11-7-5-10-4-6(7)9/h6-7,9H,4-5H2,1-3H3/t6-,7-/m0/s1. The fourth-order valence-corrected chi connectivity index (χ4v) is 1.09. The number of aliphatic hydroxyl groups excluding tert-OH is 1. The minimum Gasteiger partial charge on any atom is -0.388 e. The van der Waals surface area contributed by atoms with Gasteiger partial charge in [-0.3, -0.25) is 0 Å². The van der Waals surface area contributed by atoms with Gasteiger partial charge in [-0.2, -0.15) is 0 Å². The van der Waals surface area contributed by atoms with E-state index in [-0.39, 0.29) is 11.7 Å². The average Bonchev–Trinajstić information content (AvgIpc) is 2.12. The molecule has 2 atom stereocenters. The van der Waals surface area contributed by atoms with Crippen molar-refractivity contribution in [2.45, 2.75) is 38.6 Å². The van der Waals surface area contributed by atoms with Gasteiger partial charge in [0.05, 0.1) is 18.8 Å². The predicted molar refractivity (Wildman–Crippen MR) is 41.5 cm³/mol. The lowest BCUT2D eigenvalue weighted by atomic mass is 10.1. The fraction of sp³-hybridized carbons (Fsp3) is 1.00. The van der Waals surface area contributed by atoms with Gasteiger partial charge in [0, 0.05) is 0 Å². The first-order valence-electron chi connectivity index (χ1n) is 3.93. The first kappa shape index (κ1) is 8.97. The van der Waals surface area contributed by atoms with Crippen molar-refractivity contribution in [2.75, 3.05) is 13.2 Å². The maximum absolute atomic E-state index is 9.30. The molecule has 1 N–H and O–H groups in total. The lowest BCUT2D eigenvalue weighted by Gasteiger charge is -2.25. The van der Waals surface area contributed by atoms with E-state index in [1.807, 2.05) is 20.8 Å². The smallest absolute Gasteiger partial charge is 0.110 e. The molecule has 0 aromatic heterocycles. The molecule has 3 heteroatoms. The van der Waals surface area contributed by atoms with Gasteiger partial charge in [-0.15, -0.1) is 0 Å². The monoisotopic (exact) mass is 160 g/mol. The van der Waals surface area contributed by atoms with Crippen LogP contribution in [0, 0.1) is 0 Å². The Morgan fingerprint density at radius 3 is 2.36 bits per heavy atom. The third-order valence-corrected chi connectivity index (χ3v) is 1.50. The van der Waals surface area contributed by atoms with Gasteiger partial charge in [-0.05, 0) is 20.8 Å². The Bertz CT molecular complexity index is 128. The Morgan fingerprint density at radius 1 is 1.36 bits per heavy atom. The van der Waals surface area contributed by atoms with Crippen LogP contribution in [0.15, 0.2) is 0 Å². The number of hydrogen-bond acceptors (Lipinski definition) is 3. The third-order valence-electron chi connectivity index (χ3n) is 1.50. The van der Waals surface area contributed by atoms with Gasteiger partial charge < -0.3 is 14.6 Å². The normalized spacial score (nSPS) is 32.7. The van der Waals surface area contributed by atoms with Gasteiger partial charge in [-0.25, -0.2) is 0 Å². The molecule has 0 radical (unpaired) electrons. The van der Waals surface area contributed by atoms with Crippen molar-refractivity contribution in [3.63, 3.8) is 0 Å². The molecule has 3 nitrogen and oxygen atoms in total. The summed E-state index contributed by atoms with van der Waals surface area (Å²) < 4.78 is 10.6. The van der Waals surface area contributed by atoms with E-state index in [0.29, 0.717) is 13.2 Å².